The second-order valence-corrected chi connectivity index (χ2v) is 16.1. The smallest absolute Gasteiger partial charge is 0.155 e. The average molecular weight is 582 g/mol. The van der Waals surface area contributed by atoms with Gasteiger partial charge in [-0.1, -0.05) is 152 Å². The molecule has 0 saturated heterocycles. The van der Waals surface area contributed by atoms with Crippen LogP contribution in [0.4, 0.5) is 0 Å². The van der Waals surface area contributed by atoms with Crippen molar-refractivity contribution in [3.63, 3.8) is 0 Å². The van der Waals surface area contributed by atoms with E-state index in [1.807, 2.05) is 0 Å². The summed E-state index contributed by atoms with van der Waals surface area (Å²) in [6.07, 6.45) is 13.0. The first-order chi connectivity index (χ1) is 21.8. The van der Waals surface area contributed by atoms with E-state index in [9.17, 15) is 0 Å². The van der Waals surface area contributed by atoms with Gasteiger partial charge in [0.1, 0.15) is 0 Å². The van der Waals surface area contributed by atoms with Crippen molar-refractivity contribution in [3.8, 4) is 16.8 Å². The first-order valence-corrected chi connectivity index (χ1v) is 17.9. The van der Waals surface area contributed by atoms with Crippen LogP contribution < -0.4 is 15.6 Å². The molecule has 8 rings (SSSR count). The van der Waals surface area contributed by atoms with Crippen molar-refractivity contribution in [1.29, 1.82) is 0 Å². The number of benzene rings is 5. The molecule has 5 aromatic carbocycles. The van der Waals surface area contributed by atoms with Gasteiger partial charge in [-0.25, -0.2) is 0 Å². The van der Waals surface area contributed by atoms with Gasteiger partial charge in [0, 0.05) is 17.1 Å². The molecule has 2 aliphatic carbocycles. The molecule has 0 amide bonds. The van der Waals surface area contributed by atoms with E-state index in [-0.39, 0.29) is 0 Å². The summed E-state index contributed by atoms with van der Waals surface area (Å²) in [6, 6.07) is 54.1. The van der Waals surface area contributed by atoms with Crippen LogP contribution in [0, 0.1) is 0 Å². The van der Waals surface area contributed by atoms with Gasteiger partial charge in [-0.05, 0) is 80.8 Å². The summed E-state index contributed by atoms with van der Waals surface area (Å²) in [4.78, 5) is 0. The third-order valence-corrected chi connectivity index (χ3v) is 14.9. The highest BCUT2D eigenvalue weighted by Gasteiger charge is 2.47. The fraction of sp³-hybridized carbons (Fsp3) is 0.0952. The van der Waals surface area contributed by atoms with Crippen LogP contribution in [-0.2, 0) is 12.8 Å². The van der Waals surface area contributed by atoms with Crippen LogP contribution in [0.2, 0.25) is 5.54 Å². The number of hydrogen-bond donors (Lipinski definition) is 0. The third-order valence-electron chi connectivity index (χ3n) is 9.66. The second kappa shape index (κ2) is 11.3. The highest BCUT2D eigenvalue weighted by atomic mass is 28.3. The molecule has 0 bridgehead atoms. The Kier molecular flexibility index (Phi) is 6.85. The van der Waals surface area contributed by atoms with Crippen LogP contribution in [0.15, 0.2) is 158 Å². The quantitative estimate of drug-likeness (QED) is 0.138. The van der Waals surface area contributed by atoms with Crippen molar-refractivity contribution in [2.24, 2.45) is 0 Å². The Bertz CT molecular complexity index is 1930. The standard InChI is InChI=1S/C42H35NSi/c1-5-16-32(17-6-1)33-18-15-25-37(30-33)44(35-21-9-3-10-22-35,36-23-11-4-12-24-36)38-28-29-40-39-26-13-14-27-41(39)43(42(40)31-38)34-19-7-2-8-20-34/h1-12,14-25,27-30,38H,13,26,31H2. The Hall–Kier alpha value is -4.92. The first-order valence-electron chi connectivity index (χ1n) is 15.8. The average Bonchev–Trinajstić information content (AvgIpc) is 3.44. The summed E-state index contributed by atoms with van der Waals surface area (Å²) >= 11 is 0. The number of para-hydroxylation sites is 1. The molecule has 2 aliphatic rings. The maximum atomic E-state index is 2.58. The lowest BCUT2D eigenvalue weighted by molar-refractivity contribution is 0.854. The van der Waals surface area contributed by atoms with Gasteiger partial charge in [0.05, 0.1) is 0 Å². The van der Waals surface area contributed by atoms with E-state index in [0.717, 1.165) is 19.3 Å². The molecule has 6 aromatic rings. The van der Waals surface area contributed by atoms with E-state index < -0.39 is 8.07 Å². The summed E-state index contributed by atoms with van der Waals surface area (Å²) in [5.74, 6) is 0. The van der Waals surface area contributed by atoms with Gasteiger partial charge >= 0.3 is 0 Å². The van der Waals surface area contributed by atoms with Gasteiger partial charge < -0.3 is 4.57 Å². The minimum absolute atomic E-state index is 0.327. The molecule has 2 heteroatoms. The van der Waals surface area contributed by atoms with Crippen LogP contribution in [0.5, 0.6) is 0 Å². The maximum absolute atomic E-state index is 2.61. The lowest BCUT2D eigenvalue weighted by Crippen LogP contribution is -2.70. The summed E-state index contributed by atoms with van der Waals surface area (Å²) in [6.45, 7) is 0. The molecular weight excluding hydrogens is 547 g/mol. The molecule has 0 fully saturated rings. The van der Waals surface area contributed by atoms with Gasteiger partial charge in [-0.15, -0.1) is 0 Å². The van der Waals surface area contributed by atoms with Gasteiger partial charge in [-0.3, -0.25) is 0 Å². The molecular formula is C42H35NSi. The van der Waals surface area contributed by atoms with Crippen LogP contribution in [0.1, 0.15) is 28.9 Å². The monoisotopic (exact) mass is 581 g/mol. The molecule has 0 saturated carbocycles. The summed E-state index contributed by atoms with van der Waals surface area (Å²) < 4.78 is 2.56. The predicted molar refractivity (Wildman–Crippen MR) is 189 cm³/mol. The molecule has 0 N–H and O–H groups in total. The number of rotatable bonds is 6. The van der Waals surface area contributed by atoms with Crippen molar-refractivity contribution in [1.82, 2.24) is 4.57 Å². The zero-order chi connectivity index (χ0) is 29.3. The van der Waals surface area contributed by atoms with E-state index in [0.29, 0.717) is 5.54 Å². The van der Waals surface area contributed by atoms with Crippen molar-refractivity contribution in [2.45, 2.75) is 24.8 Å². The number of aromatic nitrogens is 1. The van der Waals surface area contributed by atoms with Gasteiger partial charge in [0.2, 0.25) is 0 Å². The third kappa shape index (κ3) is 4.37. The summed E-state index contributed by atoms with van der Waals surface area (Å²) in [7, 11) is -2.61. The number of fused-ring (bicyclic) bond motifs is 3. The Morgan fingerprint density at radius 1 is 0.568 bits per heavy atom. The van der Waals surface area contributed by atoms with Crippen molar-refractivity contribution < 1.29 is 0 Å². The van der Waals surface area contributed by atoms with Gasteiger partial charge in [0.25, 0.3) is 0 Å². The largest absolute Gasteiger partial charge is 0.313 e. The lowest BCUT2D eigenvalue weighted by Gasteiger charge is -2.41. The second-order valence-electron chi connectivity index (χ2n) is 12.0. The Balaban J connectivity index is 1.39. The molecule has 0 radical (unpaired) electrons. The maximum Gasteiger partial charge on any atom is 0.155 e. The van der Waals surface area contributed by atoms with Crippen molar-refractivity contribution in [2.75, 3.05) is 0 Å². The topological polar surface area (TPSA) is 4.93 Å². The zero-order valence-electron chi connectivity index (χ0n) is 24.8. The molecule has 1 nitrogen and oxygen atoms in total. The Labute approximate surface area is 261 Å². The first kappa shape index (κ1) is 26.7. The lowest BCUT2D eigenvalue weighted by atomic mass is 9.95. The van der Waals surface area contributed by atoms with E-state index >= 15 is 0 Å². The SMILES string of the molecule is C1=Cc2c(c3c(n2-c2ccccc2)CC([Si](c2ccccc2)(c2ccccc2)c2cccc(-c4ccccc4)c2)C=C3)CC1. The summed E-state index contributed by atoms with van der Waals surface area (Å²) in [5.41, 5.74) is 9.86. The molecule has 1 aromatic heterocycles. The minimum atomic E-state index is -2.61. The Morgan fingerprint density at radius 2 is 1.16 bits per heavy atom. The van der Waals surface area contributed by atoms with Crippen molar-refractivity contribution >= 4 is 35.8 Å². The summed E-state index contributed by atoms with van der Waals surface area (Å²) in [5, 5.41) is 4.37. The fourth-order valence-electron chi connectivity index (χ4n) is 7.75. The van der Waals surface area contributed by atoms with Gasteiger partial charge in [0.15, 0.2) is 8.07 Å². The number of hydrogen-bond acceptors (Lipinski definition) is 0. The van der Waals surface area contributed by atoms with Gasteiger partial charge in [-0.2, -0.15) is 0 Å². The normalized spacial score (nSPS) is 15.5. The van der Waals surface area contributed by atoms with Crippen LogP contribution in [-0.4, -0.2) is 12.6 Å². The number of nitrogens with zero attached hydrogens (tertiary/aromatic N) is 1. The molecule has 0 spiro atoms. The van der Waals surface area contributed by atoms with Crippen molar-refractivity contribution in [3.05, 3.63) is 180 Å². The fourth-order valence-corrected chi connectivity index (χ4v) is 13.1. The molecule has 44 heavy (non-hydrogen) atoms. The highest BCUT2D eigenvalue weighted by molar-refractivity contribution is 7.12. The Morgan fingerprint density at radius 3 is 1.84 bits per heavy atom. The van der Waals surface area contributed by atoms with Crippen LogP contribution in [0.3, 0.4) is 0 Å². The molecule has 0 aliphatic heterocycles. The van der Waals surface area contributed by atoms with E-state index in [2.05, 4.69) is 174 Å². The minimum Gasteiger partial charge on any atom is -0.313 e. The van der Waals surface area contributed by atoms with Crippen LogP contribution >= 0.6 is 0 Å². The van der Waals surface area contributed by atoms with E-state index in [1.54, 1.807) is 0 Å². The zero-order valence-corrected chi connectivity index (χ0v) is 25.8. The van der Waals surface area contributed by atoms with Crippen LogP contribution in [0.25, 0.3) is 29.0 Å². The highest BCUT2D eigenvalue weighted by Crippen LogP contribution is 2.41. The molecule has 1 heterocycles. The molecule has 212 valence electrons. The molecule has 1 unspecified atom stereocenters. The molecule has 1 atom stereocenters. The van der Waals surface area contributed by atoms with E-state index in [4.69, 9.17) is 0 Å². The number of allylic oxidation sites excluding steroid dienone is 2. The van der Waals surface area contributed by atoms with E-state index in [1.165, 1.54) is 54.9 Å². The predicted octanol–water partition coefficient (Wildman–Crippen LogP) is 8.21.